The summed E-state index contributed by atoms with van der Waals surface area (Å²) in [6.45, 7) is -0.104. The summed E-state index contributed by atoms with van der Waals surface area (Å²) < 4.78 is 38.8. The zero-order valence-corrected chi connectivity index (χ0v) is 25.3. The van der Waals surface area contributed by atoms with Crippen LogP contribution in [0.25, 0.3) is 0 Å². The Balaban J connectivity index is 1.60. The summed E-state index contributed by atoms with van der Waals surface area (Å²) in [5, 5.41) is 127. The van der Waals surface area contributed by atoms with E-state index < -0.39 is 148 Å². The van der Waals surface area contributed by atoms with Crippen LogP contribution >= 0.6 is 0 Å². The van der Waals surface area contributed by atoms with Gasteiger partial charge in [0.25, 0.3) is 0 Å². The van der Waals surface area contributed by atoms with Gasteiger partial charge < -0.3 is 99.8 Å². The van der Waals surface area contributed by atoms with Crippen LogP contribution in [0.2, 0.25) is 0 Å². The van der Waals surface area contributed by atoms with Crippen molar-refractivity contribution in [2.45, 2.75) is 137 Å². The molecule has 0 aliphatic carbocycles. The Hall–Kier alpha value is -1.29. The molecule has 0 unspecified atom stereocenters. The van der Waals surface area contributed by atoms with E-state index in [1.165, 1.54) is 6.92 Å². The maximum absolute atomic E-state index is 11.8. The predicted octanol–water partition coefficient (Wildman–Crippen LogP) is -8.58. The molecule has 13 N–H and O–H groups in total. The summed E-state index contributed by atoms with van der Waals surface area (Å²) in [5.74, 6) is -0.681. The number of nitrogens with one attached hydrogen (secondary N) is 1. The van der Waals surface area contributed by atoms with Gasteiger partial charge in [0.2, 0.25) is 5.91 Å². The monoisotopic (exact) mass is 691 g/mol. The molecular weight excluding hydrogens is 646 g/mol. The molecule has 4 aliphatic rings. The molecule has 0 saturated carbocycles. The molecule has 274 valence electrons. The van der Waals surface area contributed by atoms with Crippen LogP contribution in [0.5, 0.6) is 0 Å². The van der Waals surface area contributed by atoms with E-state index in [-0.39, 0.29) is 0 Å². The number of carbonyl (C=O) groups is 1. The van der Waals surface area contributed by atoms with Crippen LogP contribution in [0.4, 0.5) is 0 Å². The minimum Gasteiger partial charge on any atom is -0.394 e. The van der Waals surface area contributed by atoms with Crippen molar-refractivity contribution in [2.75, 3.05) is 19.8 Å². The Kier molecular flexibility index (Phi) is 13.2. The van der Waals surface area contributed by atoms with E-state index in [2.05, 4.69) is 5.32 Å². The fourth-order valence-corrected chi connectivity index (χ4v) is 5.86. The fourth-order valence-electron chi connectivity index (χ4n) is 5.86. The van der Waals surface area contributed by atoms with Crippen LogP contribution in [-0.4, -0.2) is 210 Å². The summed E-state index contributed by atoms with van der Waals surface area (Å²) in [7, 11) is 0. The van der Waals surface area contributed by atoms with E-state index >= 15 is 0 Å². The zero-order chi connectivity index (χ0) is 34.9. The molecule has 0 radical (unpaired) electrons. The lowest BCUT2D eigenvalue weighted by atomic mass is 9.95. The smallest absolute Gasteiger partial charge is 0.217 e. The molecule has 21 heteroatoms. The molecule has 21 nitrogen and oxygen atoms in total. The van der Waals surface area contributed by atoms with Crippen molar-refractivity contribution in [2.24, 2.45) is 0 Å². The first-order chi connectivity index (χ1) is 22.1. The third-order valence-corrected chi connectivity index (χ3v) is 8.57. The first-order valence-electron chi connectivity index (χ1n) is 15.0. The molecule has 4 rings (SSSR count). The van der Waals surface area contributed by atoms with Crippen molar-refractivity contribution in [3.8, 4) is 0 Å². The molecule has 0 aromatic carbocycles. The Morgan fingerprint density at radius 3 is 1.64 bits per heavy atom. The molecule has 0 aromatic heterocycles. The van der Waals surface area contributed by atoms with Crippen LogP contribution < -0.4 is 5.32 Å². The number of aliphatic hydroxyl groups excluding tert-OH is 12. The average Bonchev–Trinajstić information content (AvgIpc) is 3.03. The normalized spacial score (nSPS) is 51.0. The molecular formula is C26H45NO20. The molecule has 4 fully saturated rings. The van der Waals surface area contributed by atoms with Crippen molar-refractivity contribution in [1.82, 2.24) is 5.32 Å². The second kappa shape index (κ2) is 16.2. The van der Waals surface area contributed by atoms with Gasteiger partial charge in [-0.25, -0.2) is 0 Å². The van der Waals surface area contributed by atoms with Crippen LogP contribution in [-0.2, 0) is 38.0 Å². The van der Waals surface area contributed by atoms with Gasteiger partial charge in [-0.05, 0) is 6.92 Å². The van der Waals surface area contributed by atoms with E-state index in [4.69, 9.17) is 33.2 Å². The van der Waals surface area contributed by atoms with Crippen molar-refractivity contribution >= 4 is 5.91 Å². The zero-order valence-electron chi connectivity index (χ0n) is 25.3. The van der Waals surface area contributed by atoms with Crippen LogP contribution in [0.1, 0.15) is 13.8 Å². The molecule has 1 amide bonds. The van der Waals surface area contributed by atoms with Gasteiger partial charge >= 0.3 is 0 Å². The first kappa shape index (κ1) is 38.5. The molecule has 0 spiro atoms. The Morgan fingerprint density at radius 2 is 1.04 bits per heavy atom. The predicted molar refractivity (Wildman–Crippen MR) is 144 cm³/mol. The lowest BCUT2D eigenvalue weighted by molar-refractivity contribution is -0.392. The summed E-state index contributed by atoms with van der Waals surface area (Å²) in [5.41, 5.74) is 0. The number of carbonyl (C=O) groups excluding carboxylic acids is 1. The molecule has 0 bridgehead atoms. The van der Waals surface area contributed by atoms with Crippen LogP contribution in [0.15, 0.2) is 0 Å². The van der Waals surface area contributed by atoms with Gasteiger partial charge in [0.1, 0.15) is 91.5 Å². The first-order valence-corrected chi connectivity index (χ1v) is 15.0. The second-order valence-corrected chi connectivity index (χ2v) is 11.9. The number of aliphatic hydroxyl groups is 12. The molecule has 47 heavy (non-hydrogen) atoms. The van der Waals surface area contributed by atoms with Crippen molar-refractivity contribution < 1.29 is 99.2 Å². The largest absolute Gasteiger partial charge is 0.394 e. The highest BCUT2D eigenvalue weighted by atomic mass is 16.8. The maximum Gasteiger partial charge on any atom is 0.217 e. The highest BCUT2D eigenvalue weighted by Crippen LogP contribution is 2.34. The summed E-state index contributed by atoms with van der Waals surface area (Å²) >= 11 is 0. The van der Waals surface area contributed by atoms with E-state index in [9.17, 15) is 66.1 Å². The van der Waals surface area contributed by atoms with Gasteiger partial charge in [0.05, 0.1) is 25.9 Å². The standard InChI is InChI=1S/C26H45NO20/c1-6-12(32)16(36)18(38)24(41-6)47-22-17(37)13(33)8(3-28)44-26(22)46-21-15(35)10(5-30)43-25(19(21)39)45-20-11(27-7(2)31)23(40)42-9(4-29)14(20)34/h6,8-26,28-30,32-40H,3-5H2,1-2H3,(H,27,31)/t6-,8+,9+,10+,11+,12+,13-,14-,15-,16+,17-,18-,19+,20+,21-,22+,23+,24-,25-,26-/m0/s1. The Morgan fingerprint density at radius 1 is 0.553 bits per heavy atom. The molecule has 4 aliphatic heterocycles. The number of ether oxygens (including phenoxy) is 7. The third kappa shape index (κ3) is 8.04. The molecule has 0 aromatic rings. The van der Waals surface area contributed by atoms with E-state index in [1.807, 2.05) is 0 Å². The topological polar surface area (TPSA) is 336 Å². The van der Waals surface area contributed by atoms with Gasteiger partial charge in [-0.3, -0.25) is 4.79 Å². The summed E-state index contributed by atoms with van der Waals surface area (Å²) in [4.78, 5) is 11.8. The molecule has 4 saturated heterocycles. The van der Waals surface area contributed by atoms with Gasteiger partial charge in [0, 0.05) is 6.92 Å². The number of hydrogen-bond acceptors (Lipinski definition) is 20. The number of rotatable bonds is 10. The van der Waals surface area contributed by atoms with Gasteiger partial charge in [-0.2, -0.15) is 0 Å². The van der Waals surface area contributed by atoms with Crippen LogP contribution in [0, 0.1) is 0 Å². The lowest BCUT2D eigenvalue weighted by Gasteiger charge is -2.49. The minimum absolute atomic E-state index is 0.681. The summed E-state index contributed by atoms with van der Waals surface area (Å²) in [6.07, 6.45) is -32.7. The molecule has 20 atom stereocenters. The minimum atomic E-state index is -2.04. The quantitative estimate of drug-likeness (QED) is 0.101. The third-order valence-electron chi connectivity index (χ3n) is 8.57. The SMILES string of the molecule is CC(=O)N[C@@H]1[C@@H](O[C@@H]2O[C@H](CO)[C@H](O)[C@H](O[C@@H]3O[C@H](CO)[C@H](O)[C@H](O)[C@H]3O[C@@H]3O[C@@H](C)[C@@H](O)[C@@H](O)[C@@H]3O)[C@H]2O)[C@@H](O)[C@@H](CO)O[C@H]1O. The van der Waals surface area contributed by atoms with Crippen molar-refractivity contribution in [1.29, 1.82) is 0 Å². The summed E-state index contributed by atoms with van der Waals surface area (Å²) in [6, 6.07) is -1.47. The van der Waals surface area contributed by atoms with E-state index in [0.717, 1.165) is 6.92 Å². The highest BCUT2D eigenvalue weighted by molar-refractivity contribution is 5.73. The number of hydrogen-bond donors (Lipinski definition) is 13. The Labute approximate surface area is 267 Å². The van der Waals surface area contributed by atoms with Gasteiger partial charge in [0.15, 0.2) is 25.2 Å². The lowest BCUT2D eigenvalue weighted by Crippen LogP contribution is -2.69. The fraction of sp³-hybridized carbons (Fsp3) is 0.962. The maximum atomic E-state index is 11.8. The van der Waals surface area contributed by atoms with Gasteiger partial charge in [-0.15, -0.1) is 0 Å². The van der Waals surface area contributed by atoms with Crippen LogP contribution in [0.3, 0.4) is 0 Å². The average molecular weight is 692 g/mol. The number of amides is 1. The highest BCUT2D eigenvalue weighted by Gasteiger charge is 2.55. The van der Waals surface area contributed by atoms with E-state index in [0.29, 0.717) is 0 Å². The van der Waals surface area contributed by atoms with Crippen molar-refractivity contribution in [3.05, 3.63) is 0 Å². The van der Waals surface area contributed by atoms with Gasteiger partial charge in [-0.1, -0.05) is 0 Å². The molecule has 4 heterocycles. The second-order valence-electron chi connectivity index (χ2n) is 11.9. The van der Waals surface area contributed by atoms with E-state index in [1.54, 1.807) is 0 Å². The van der Waals surface area contributed by atoms with Crippen molar-refractivity contribution in [3.63, 3.8) is 0 Å². The Bertz CT molecular complexity index is 1010.